The first kappa shape index (κ1) is 14.6. The molecule has 110 valence electrons. The molecule has 2 nitrogen and oxygen atoms in total. The molecule has 1 aliphatic carbocycles. The van der Waals surface area contributed by atoms with Crippen LogP contribution in [0.4, 0.5) is 0 Å². The lowest BCUT2D eigenvalue weighted by atomic mass is 9.74. The van der Waals surface area contributed by atoms with Gasteiger partial charge in [-0.3, -0.25) is 0 Å². The van der Waals surface area contributed by atoms with Crippen LogP contribution in [0.3, 0.4) is 0 Å². The number of hydrogen-bond acceptors (Lipinski definition) is 2. The fourth-order valence-corrected chi connectivity index (χ4v) is 3.87. The number of rotatable bonds is 4. The fraction of sp³-hybridized carbons (Fsp3) is 0.647. The van der Waals surface area contributed by atoms with Crippen molar-refractivity contribution in [1.29, 1.82) is 0 Å². The van der Waals surface area contributed by atoms with Gasteiger partial charge in [-0.05, 0) is 43.4 Å². The molecular weight excluding hydrogens is 314 g/mol. The van der Waals surface area contributed by atoms with Crippen molar-refractivity contribution in [2.45, 2.75) is 50.0 Å². The summed E-state index contributed by atoms with van der Waals surface area (Å²) in [5.41, 5.74) is 1.73. The van der Waals surface area contributed by atoms with Crippen molar-refractivity contribution in [3.63, 3.8) is 0 Å². The number of nitrogens with one attached hydrogen (secondary N) is 1. The van der Waals surface area contributed by atoms with Gasteiger partial charge in [0.2, 0.25) is 0 Å². The lowest BCUT2D eigenvalue weighted by molar-refractivity contribution is 0.0489. The molecule has 0 unspecified atom stereocenters. The lowest BCUT2D eigenvalue weighted by Gasteiger charge is -2.39. The third-order valence-corrected chi connectivity index (χ3v) is 5.52. The van der Waals surface area contributed by atoms with E-state index in [0.717, 1.165) is 43.1 Å². The Labute approximate surface area is 130 Å². The summed E-state index contributed by atoms with van der Waals surface area (Å²) in [6.07, 6.45) is 7.76. The molecule has 3 rings (SSSR count). The Balaban J connectivity index is 1.74. The van der Waals surface area contributed by atoms with E-state index in [0.29, 0.717) is 0 Å². The minimum absolute atomic E-state index is 0.265. The Bertz CT molecular complexity index is 419. The Kier molecular flexibility index (Phi) is 4.79. The second kappa shape index (κ2) is 6.59. The summed E-state index contributed by atoms with van der Waals surface area (Å²) in [7, 11) is 0. The number of ether oxygens (including phenoxy) is 1. The van der Waals surface area contributed by atoms with Gasteiger partial charge >= 0.3 is 0 Å². The summed E-state index contributed by atoms with van der Waals surface area (Å²) in [4.78, 5) is 0. The van der Waals surface area contributed by atoms with E-state index in [1.165, 1.54) is 31.2 Å². The van der Waals surface area contributed by atoms with Gasteiger partial charge in [-0.15, -0.1) is 0 Å². The molecular formula is C17H24BrNO. The molecule has 0 aromatic heterocycles. The van der Waals surface area contributed by atoms with E-state index >= 15 is 0 Å². The first-order valence-corrected chi connectivity index (χ1v) is 8.65. The van der Waals surface area contributed by atoms with Crippen LogP contribution >= 0.6 is 15.9 Å². The zero-order valence-electron chi connectivity index (χ0n) is 12.0. The molecule has 3 heteroatoms. The third-order valence-electron chi connectivity index (χ3n) is 4.99. The van der Waals surface area contributed by atoms with Crippen LogP contribution in [-0.2, 0) is 10.2 Å². The van der Waals surface area contributed by atoms with Crippen molar-refractivity contribution in [2.24, 2.45) is 0 Å². The Hall–Kier alpha value is -0.380. The maximum absolute atomic E-state index is 5.60. The molecule has 1 N–H and O–H groups in total. The molecule has 1 aliphatic heterocycles. The Morgan fingerprint density at radius 1 is 1.10 bits per heavy atom. The van der Waals surface area contributed by atoms with Crippen molar-refractivity contribution in [2.75, 3.05) is 19.8 Å². The average molecular weight is 338 g/mol. The summed E-state index contributed by atoms with van der Waals surface area (Å²) in [6, 6.07) is 9.65. The first-order valence-electron chi connectivity index (χ1n) is 7.86. The normalized spacial score (nSPS) is 23.1. The molecule has 20 heavy (non-hydrogen) atoms. The second-order valence-electron chi connectivity index (χ2n) is 6.26. The SMILES string of the molecule is Brc1ccc(C2(CNC3CCCC3)CCOCC2)cc1. The van der Waals surface area contributed by atoms with Crippen LogP contribution < -0.4 is 5.32 Å². The van der Waals surface area contributed by atoms with Crippen molar-refractivity contribution in [1.82, 2.24) is 5.32 Å². The molecule has 1 saturated heterocycles. The highest BCUT2D eigenvalue weighted by molar-refractivity contribution is 9.10. The van der Waals surface area contributed by atoms with E-state index in [-0.39, 0.29) is 5.41 Å². The largest absolute Gasteiger partial charge is 0.381 e. The molecule has 0 radical (unpaired) electrons. The third kappa shape index (κ3) is 3.26. The van der Waals surface area contributed by atoms with Crippen LogP contribution in [0.2, 0.25) is 0 Å². The van der Waals surface area contributed by atoms with Gasteiger partial charge in [0.15, 0.2) is 0 Å². The zero-order valence-corrected chi connectivity index (χ0v) is 13.6. The van der Waals surface area contributed by atoms with E-state index in [1.807, 2.05) is 0 Å². The van der Waals surface area contributed by atoms with Gasteiger partial charge in [-0.25, -0.2) is 0 Å². The molecule has 2 aliphatic rings. The van der Waals surface area contributed by atoms with Crippen molar-refractivity contribution >= 4 is 15.9 Å². The number of hydrogen-bond donors (Lipinski definition) is 1. The van der Waals surface area contributed by atoms with Gasteiger partial charge in [0.05, 0.1) is 0 Å². The predicted molar refractivity (Wildman–Crippen MR) is 86.1 cm³/mol. The van der Waals surface area contributed by atoms with E-state index in [2.05, 4.69) is 45.5 Å². The van der Waals surface area contributed by atoms with Gasteiger partial charge < -0.3 is 10.1 Å². The van der Waals surface area contributed by atoms with E-state index < -0.39 is 0 Å². The highest BCUT2D eigenvalue weighted by atomic mass is 79.9. The summed E-state index contributed by atoms with van der Waals surface area (Å²) in [5.74, 6) is 0. The maximum atomic E-state index is 5.60. The minimum atomic E-state index is 0.265. The summed E-state index contributed by atoms with van der Waals surface area (Å²) >= 11 is 3.54. The van der Waals surface area contributed by atoms with E-state index in [4.69, 9.17) is 4.74 Å². The number of benzene rings is 1. The van der Waals surface area contributed by atoms with Gasteiger partial charge in [0, 0.05) is 35.7 Å². The van der Waals surface area contributed by atoms with E-state index in [1.54, 1.807) is 0 Å². The van der Waals surface area contributed by atoms with Crippen LogP contribution in [0.5, 0.6) is 0 Å². The first-order chi connectivity index (χ1) is 9.78. The number of halogens is 1. The Morgan fingerprint density at radius 3 is 2.40 bits per heavy atom. The maximum Gasteiger partial charge on any atom is 0.0475 e. The predicted octanol–water partition coefficient (Wildman–Crippen LogP) is 4.03. The second-order valence-corrected chi connectivity index (χ2v) is 7.18. The molecule has 1 aromatic carbocycles. The van der Waals surface area contributed by atoms with Gasteiger partial charge in [-0.2, -0.15) is 0 Å². The molecule has 0 spiro atoms. The average Bonchev–Trinajstić information content (AvgIpc) is 3.00. The Morgan fingerprint density at radius 2 is 1.75 bits per heavy atom. The molecule has 1 aromatic rings. The topological polar surface area (TPSA) is 21.3 Å². The lowest BCUT2D eigenvalue weighted by Crippen LogP contribution is -2.45. The smallest absolute Gasteiger partial charge is 0.0475 e. The van der Waals surface area contributed by atoms with Crippen LogP contribution in [0.15, 0.2) is 28.7 Å². The quantitative estimate of drug-likeness (QED) is 0.895. The van der Waals surface area contributed by atoms with Gasteiger partial charge in [0.1, 0.15) is 0 Å². The van der Waals surface area contributed by atoms with Crippen molar-refractivity contribution in [3.05, 3.63) is 34.3 Å². The summed E-state index contributed by atoms with van der Waals surface area (Å²) < 4.78 is 6.76. The van der Waals surface area contributed by atoms with E-state index in [9.17, 15) is 0 Å². The molecule has 1 saturated carbocycles. The highest BCUT2D eigenvalue weighted by Crippen LogP contribution is 2.35. The highest BCUT2D eigenvalue weighted by Gasteiger charge is 2.35. The van der Waals surface area contributed by atoms with Gasteiger partial charge in [-0.1, -0.05) is 40.9 Å². The molecule has 0 bridgehead atoms. The monoisotopic (exact) mass is 337 g/mol. The van der Waals surface area contributed by atoms with Crippen molar-refractivity contribution in [3.8, 4) is 0 Å². The molecule has 0 atom stereocenters. The molecule has 0 amide bonds. The van der Waals surface area contributed by atoms with Crippen LogP contribution in [0.1, 0.15) is 44.1 Å². The van der Waals surface area contributed by atoms with Crippen molar-refractivity contribution < 1.29 is 4.74 Å². The summed E-state index contributed by atoms with van der Waals surface area (Å²) in [5, 5.41) is 3.84. The van der Waals surface area contributed by atoms with Crippen LogP contribution in [0, 0.1) is 0 Å². The fourth-order valence-electron chi connectivity index (χ4n) is 3.60. The van der Waals surface area contributed by atoms with Crippen LogP contribution in [0.25, 0.3) is 0 Å². The minimum Gasteiger partial charge on any atom is -0.381 e. The van der Waals surface area contributed by atoms with Gasteiger partial charge in [0.25, 0.3) is 0 Å². The summed E-state index contributed by atoms with van der Waals surface area (Å²) in [6.45, 7) is 2.88. The molecule has 2 fully saturated rings. The van der Waals surface area contributed by atoms with Crippen LogP contribution in [-0.4, -0.2) is 25.8 Å². The standard InChI is InChI=1S/C17H24BrNO/c18-15-7-5-14(6-8-15)17(9-11-20-12-10-17)13-19-16-3-1-2-4-16/h5-8,16,19H,1-4,9-13H2. The zero-order chi connectivity index (χ0) is 13.8. The molecule has 1 heterocycles.